The summed E-state index contributed by atoms with van der Waals surface area (Å²) in [5.41, 5.74) is 0.784. The van der Waals surface area contributed by atoms with Crippen LogP contribution in [0.25, 0.3) is 0 Å². The molecular formula is C13H24N2. The van der Waals surface area contributed by atoms with E-state index in [2.05, 4.69) is 10.2 Å². The lowest BCUT2D eigenvalue weighted by Gasteiger charge is -2.48. The van der Waals surface area contributed by atoms with Crippen LogP contribution in [0, 0.1) is 5.41 Å². The van der Waals surface area contributed by atoms with Gasteiger partial charge in [0.15, 0.2) is 0 Å². The molecule has 2 saturated heterocycles. The Bertz CT molecular complexity index is 207. The van der Waals surface area contributed by atoms with Crippen LogP contribution in [0.2, 0.25) is 0 Å². The molecule has 2 aliphatic heterocycles. The smallest absolute Gasteiger partial charge is 0.0345 e. The van der Waals surface area contributed by atoms with Crippen molar-refractivity contribution in [3.63, 3.8) is 0 Å². The van der Waals surface area contributed by atoms with Gasteiger partial charge in [-0.3, -0.25) is 4.90 Å². The van der Waals surface area contributed by atoms with Gasteiger partial charge in [0.25, 0.3) is 0 Å². The fourth-order valence-corrected chi connectivity index (χ4v) is 3.70. The predicted octanol–water partition coefficient (Wildman–Crippen LogP) is 2.00. The summed E-state index contributed by atoms with van der Waals surface area (Å²) >= 11 is 0. The number of piperidine rings is 1. The lowest BCUT2D eigenvalue weighted by molar-refractivity contribution is 0.0312. The molecule has 0 atom stereocenters. The van der Waals surface area contributed by atoms with Gasteiger partial charge in [0.1, 0.15) is 0 Å². The standard InChI is InChI=1S/C13H24N2/c1-2-4-13(5-3-1)6-8-15(9-7-13)12-10-14-11-12/h12,14H,1-11H2. The van der Waals surface area contributed by atoms with Crippen LogP contribution in [-0.2, 0) is 0 Å². The first kappa shape index (κ1) is 10.1. The van der Waals surface area contributed by atoms with Gasteiger partial charge in [-0.2, -0.15) is 0 Å². The summed E-state index contributed by atoms with van der Waals surface area (Å²) in [7, 11) is 0. The highest BCUT2D eigenvalue weighted by atomic mass is 15.2. The molecule has 1 spiro atoms. The van der Waals surface area contributed by atoms with Gasteiger partial charge in [-0.1, -0.05) is 19.3 Å². The van der Waals surface area contributed by atoms with Crippen molar-refractivity contribution < 1.29 is 0 Å². The third-order valence-corrected chi connectivity index (χ3v) is 5.05. The molecule has 0 amide bonds. The molecule has 1 N–H and O–H groups in total. The molecule has 0 aromatic carbocycles. The minimum atomic E-state index is 0.784. The fourth-order valence-electron chi connectivity index (χ4n) is 3.70. The Morgan fingerprint density at radius 1 is 0.867 bits per heavy atom. The monoisotopic (exact) mass is 208 g/mol. The van der Waals surface area contributed by atoms with Crippen molar-refractivity contribution in [2.75, 3.05) is 26.2 Å². The topological polar surface area (TPSA) is 15.3 Å². The van der Waals surface area contributed by atoms with Crippen LogP contribution in [0.15, 0.2) is 0 Å². The molecule has 3 rings (SSSR count). The van der Waals surface area contributed by atoms with Gasteiger partial charge in [0.2, 0.25) is 0 Å². The van der Waals surface area contributed by atoms with Crippen molar-refractivity contribution in [1.29, 1.82) is 0 Å². The SMILES string of the molecule is C1CCC2(CC1)CCN(C1CNC1)CC2. The first-order valence-corrected chi connectivity index (χ1v) is 6.83. The van der Waals surface area contributed by atoms with Crippen molar-refractivity contribution in [2.24, 2.45) is 5.41 Å². The molecule has 1 aliphatic carbocycles. The molecule has 0 aromatic heterocycles. The van der Waals surface area contributed by atoms with E-state index in [1.54, 1.807) is 0 Å². The lowest BCUT2D eigenvalue weighted by atomic mass is 9.68. The quantitative estimate of drug-likeness (QED) is 0.709. The average molecular weight is 208 g/mol. The third kappa shape index (κ3) is 1.94. The summed E-state index contributed by atoms with van der Waals surface area (Å²) in [4.78, 5) is 2.73. The third-order valence-electron chi connectivity index (χ3n) is 5.05. The highest BCUT2D eigenvalue weighted by Gasteiger charge is 2.37. The van der Waals surface area contributed by atoms with E-state index in [1.165, 1.54) is 71.1 Å². The van der Waals surface area contributed by atoms with Crippen LogP contribution in [0.1, 0.15) is 44.9 Å². The number of nitrogens with one attached hydrogen (secondary N) is 1. The van der Waals surface area contributed by atoms with Crippen LogP contribution >= 0.6 is 0 Å². The van der Waals surface area contributed by atoms with E-state index in [-0.39, 0.29) is 0 Å². The number of nitrogens with zero attached hydrogens (tertiary/aromatic N) is 1. The molecule has 2 heterocycles. The molecule has 0 aromatic rings. The molecule has 15 heavy (non-hydrogen) atoms. The summed E-state index contributed by atoms with van der Waals surface area (Å²) in [6.07, 6.45) is 10.6. The first-order chi connectivity index (χ1) is 7.38. The molecule has 3 aliphatic rings. The van der Waals surface area contributed by atoms with Gasteiger partial charge >= 0.3 is 0 Å². The fraction of sp³-hybridized carbons (Fsp3) is 1.00. The number of hydrogen-bond donors (Lipinski definition) is 1. The second-order valence-corrected chi connectivity index (χ2v) is 5.91. The van der Waals surface area contributed by atoms with Gasteiger partial charge in [-0.05, 0) is 44.2 Å². The Labute approximate surface area is 93.4 Å². The Hall–Kier alpha value is -0.0800. The van der Waals surface area contributed by atoms with Gasteiger partial charge in [-0.15, -0.1) is 0 Å². The van der Waals surface area contributed by atoms with Crippen molar-refractivity contribution in [3.05, 3.63) is 0 Å². The maximum absolute atomic E-state index is 3.39. The van der Waals surface area contributed by atoms with Gasteiger partial charge in [0, 0.05) is 19.1 Å². The van der Waals surface area contributed by atoms with Crippen molar-refractivity contribution >= 4 is 0 Å². The molecular weight excluding hydrogens is 184 g/mol. The number of hydrogen-bond acceptors (Lipinski definition) is 2. The second kappa shape index (κ2) is 4.06. The van der Waals surface area contributed by atoms with E-state index in [1.807, 2.05) is 0 Å². The molecule has 0 bridgehead atoms. The number of rotatable bonds is 1. The second-order valence-electron chi connectivity index (χ2n) is 5.91. The molecule has 0 unspecified atom stereocenters. The summed E-state index contributed by atoms with van der Waals surface area (Å²) < 4.78 is 0. The average Bonchev–Trinajstić information content (AvgIpc) is 2.21. The van der Waals surface area contributed by atoms with Crippen LogP contribution in [-0.4, -0.2) is 37.1 Å². The highest BCUT2D eigenvalue weighted by molar-refractivity contribution is 4.93. The summed E-state index contributed by atoms with van der Waals surface area (Å²) in [6, 6.07) is 0.881. The van der Waals surface area contributed by atoms with Crippen LogP contribution in [0.4, 0.5) is 0 Å². The van der Waals surface area contributed by atoms with Crippen molar-refractivity contribution in [1.82, 2.24) is 10.2 Å². The van der Waals surface area contributed by atoms with Crippen LogP contribution in [0.3, 0.4) is 0 Å². The Balaban J connectivity index is 1.54. The van der Waals surface area contributed by atoms with E-state index >= 15 is 0 Å². The van der Waals surface area contributed by atoms with Crippen LogP contribution in [0.5, 0.6) is 0 Å². The highest BCUT2D eigenvalue weighted by Crippen LogP contribution is 2.44. The minimum Gasteiger partial charge on any atom is -0.314 e. The summed E-state index contributed by atoms with van der Waals surface area (Å²) in [5.74, 6) is 0. The largest absolute Gasteiger partial charge is 0.314 e. The zero-order valence-electron chi connectivity index (χ0n) is 9.80. The molecule has 1 saturated carbocycles. The molecule has 3 fully saturated rings. The zero-order chi connectivity index (χ0) is 10.1. The molecule has 2 nitrogen and oxygen atoms in total. The molecule has 0 radical (unpaired) electrons. The Kier molecular flexibility index (Phi) is 2.73. The van der Waals surface area contributed by atoms with E-state index in [9.17, 15) is 0 Å². The Morgan fingerprint density at radius 2 is 1.53 bits per heavy atom. The summed E-state index contributed by atoms with van der Waals surface area (Å²) in [6.45, 7) is 5.25. The van der Waals surface area contributed by atoms with Gasteiger partial charge < -0.3 is 5.32 Å². The maximum atomic E-state index is 3.39. The zero-order valence-corrected chi connectivity index (χ0v) is 9.80. The first-order valence-electron chi connectivity index (χ1n) is 6.83. The lowest BCUT2D eigenvalue weighted by Crippen LogP contribution is -2.59. The van der Waals surface area contributed by atoms with Crippen molar-refractivity contribution in [3.8, 4) is 0 Å². The molecule has 86 valence electrons. The van der Waals surface area contributed by atoms with Crippen LogP contribution < -0.4 is 5.32 Å². The van der Waals surface area contributed by atoms with Gasteiger partial charge in [0.05, 0.1) is 0 Å². The van der Waals surface area contributed by atoms with E-state index in [0.29, 0.717) is 0 Å². The van der Waals surface area contributed by atoms with Gasteiger partial charge in [-0.25, -0.2) is 0 Å². The van der Waals surface area contributed by atoms with E-state index in [4.69, 9.17) is 0 Å². The Morgan fingerprint density at radius 3 is 2.07 bits per heavy atom. The van der Waals surface area contributed by atoms with E-state index < -0.39 is 0 Å². The minimum absolute atomic E-state index is 0.784. The maximum Gasteiger partial charge on any atom is 0.0345 e. The normalized spacial score (nSPS) is 32.8. The number of likely N-dealkylation sites (tertiary alicyclic amines) is 1. The van der Waals surface area contributed by atoms with Crippen molar-refractivity contribution in [2.45, 2.75) is 51.0 Å². The summed E-state index contributed by atoms with van der Waals surface area (Å²) in [5, 5.41) is 3.39. The molecule has 2 heteroatoms. The predicted molar refractivity (Wildman–Crippen MR) is 63.0 cm³/mol. The van der Waals surface area contributed by atoms with E-state index in [0.717, 1.165) is 11.5 Å².